The Kier molecular flexibility index (Phi) is 12.5. The molecular weight excluding hydrogens is 280 g/mol. The van der Waals surface area contributed by atoms with Gasteiger partial charge in [0.1, 0.15) is 0 Å². The number of rotatable bonds is 14. The van der Waals surface area contributed by atoms with Gasteiger partial charge in [-0.3, -0.25) is 4.55 Å². The molecule has 122 valence electrons. The molecule has 0 aromatic carbocycles. The van der Waals surface area contributed by atoms with Gasteiger partial charge in [0, 0.05) is 6.61 Å². The fraction of sp³-hybridized carbons (Fsp3) is 1.00. The summed E-state index contributed by atoms with van der Waals surface area (Å²) in [7, 11) is -4.37. The molecular formula is C14H30O5S. The predicted molar refractivity (Wildman–Crippen MR) is 80.1 cm³/mol. The molecule has 0 radical (unpaired) electrons. The van der Waals surface area contributed by atoms with Crippen molar-refractivity contribution in [3.8, 4) is 0 Å². The Morgan fingerprint density at radius 2 is 1.50 bits per heavy atom. The highest BCUT2D eigenvalue weighted by Gasteiger charge is 2.13. The fourth-order valence-corrected chi connectivity index (χ4v) is 2.44. The number of unbranched alkanes of at least 4 members (excludes halogenated alkanes) is 7. The van der Waals surface area contributed by atoms with Crippen LogP contribution >= 0.6 is 0 Å². The van der Waals surface area contributed by atoms with Crippen LogP contribution in [-0.4, -0.2) is 32.3 Å². The normalized spacial score (nSPS) is 13.6. The summed E-state index contributed by atoms with van der Waals surface area (Å²) in [6.45, 7) is 4.47. The third-order valence-corrected chi connectivity index (χ3v) is 3.62. The minimum Gasteiger partial charge on any atom is -0.376 e. The third kappa shape index (κ3) is 14.2. The first kappa shape index (κ1) is 19.8. The monoisotopic (exact) mass is 310 g/mol. The molecule has 20 heavy (non-hydrogen) atoms. The smallest absolute Gasteiger partial charge is 0.376 e. The molecule has 0 aromatic rings. The van der Waals surface area contributed by atoms with Gasteiger partial charge in [-0.15, -0.1) is 0 Å². The SMILES string of the molecule is CCCCCCCCCCC(COS(=O)(=O)O)OCC. The molecule has 0 saturated heterocycles. The van der Waals surface area contributed by atoms with E-state index in [4.69, 9.17) is 9.29 Å². The van der Waals surface area contributed by atoms with Gasteiger partial charge in [0.15, 0.2) is 0 Å². The van der Waals surface area contributed by atoms with E-state index in [2.05, 4.69) is 11.1 Å². The van der Waals surface area contributed by atoms with Crippen LogP contribution in [0.3, 0.4) is 0 Å². The largest absolute Gasteiger partial charge is 0.397 e. The molecule has 0 aliphatic rings. The van der Waals surface area contributed by atoms with Crippen molar-refractivity contribution in [3.63, 3.8) is 0 Å². The first-order valence-electron chi connectivity index (χ1n) is 7.73. The molecule has 6 heteroatoms. The molecule has 0 bridgehead atoms. The number of ether oxygens (including phenoxy) is 1. The fourth-order valence-electron chi connectivity index (χ4n) is 2.12. The molecule has 0 aliphatic heterocycles. The highest BCUT2D eigenvalue weighted by atomic mass is 32.3. The van der Waals surface area contributed by atoms with Crippen molar-refractivity contribution in [2.24, 2.45) is 0 Å². The Morgan fingerprint density at radius 3 is 2.00 bits per heavy atom. The molecule has 0 fully saturated rings. The molecule has 0 amide bonds. The molecule has 0 aromatic heterocycles. The van der Waals surface area contributed by atoms with E-state index in [1.165, 1.54) is 38.5 Å². The van der Waals surface area contributed by atoms with Gasteiger partial charge in [-0.2, -0.15) is 8.42 Å². The van der Waals surface area contributed by atoms with E-state index in [-0.39, 0.29) is 12.7 Å². The highest BCUT2D eigenvalue weighted by Crippen LogP contribution is 2.12. The van der Waals surface area contributed by atoms with Crippen LogP contribution in [0.25, 0.3) is 0 Å². The lowest BCUT2D eigenvalue weighted by Crippen LogP contribution is -2.22. The van der Waals surface area contributed by atoms with Crippen LogP contribution in [0.5, 0.6) is 0 Å². The summed E-state index contributed by atoms with van der Waals surface area (Å²) in [4.78, 5) is 0. The lowest BCUT2D eigenvalue weighted by Gasteiger charge is -2.15. The molecule has 0 aliphatic carbocycles. The van der Waals surface area contributed by atoms with Gasteiger partial charge < -0.3 is 4.74 Å². The van der Waals surface area contributed by atoms with Crippen LogP contribution < -0.4 is 0 Å². The van der Waals surface area contributed by atoms with Crippen molar-refractivity contribution >= 4 is 10.4 Å². The Hall–Kier alpha value is -0.170. The summed E-state index contributed by atoms with van der Waals surface area (Å²) in [6.07, 6.45) is 10.3. The summed E-state index contributed by atoms with van der Waals surface area (Å²) >= 11 is 0. The molecule has 0 saturated carbocycles. The van der Waals surface area contributed by atoms with Crippen molar-refractivity contribution in [3.05, 3.63) is 0 Å². The maximum Gasteiger partial charge on any atom is 0.397 e. The zero-order valence-corrected chi connectivity index (χ0v) is 13.7. The molecule has 0 heterocycles. The van der Waals surface area contributed by atoms with E-state index >= 15 is 0 Å². The lowest BCUT2D eigenvalue weighted by atomic mass is 10.1. The Bertz CT molecular complexity index is 303. The Morgan fingerprint density at radius 1 is 0.950 bits per heavy atom. The maximum atomic E-state index is 10.5. The minimum atomic E-state index is -4.37. The first-order chi connectivity index (χ1) is 9.49. The van der Waals surface area contributed by atoms with Crippen molar-refractivity contribution < 1.29 is 21.9 Å². The van der Waals surface area contributed by atoms with Gasteiger partial charge in [0.2, 0.25) is 0 Å². The van der Waals surface area contributed by atoms with E-state index in [1.54, 1.807) is 0 Å². The predicted octanol–water partition coefficient (Wildman–Crippen LogP) is 3.74. The third-order valence-electron chi connectivity index (χ3n) is 3.18. The summed E-state index contributed by atoms with van der Waals surface area (Å²) in [5.74, 6) is 0. The van der Waals surface area contributed by atoms with Gasteiger partial charge in [-0.25, -0.2) is 4.18 Å². The van der Waals surface area contributed by atoms with E-state index in [1.807, 2.05) is 6.92 Å². The Balaban J connectivity index is 3.60. The van der Waals surface area contributed by atoms with Gasteiger partial charge in [-0.1, -0.05) is 58.3 Å². The van der Waals surface area contributed by atoms with Gasteiger partial charge in [0.25, 0.3) is 0 Å². The lowest BCUT2D eigenvalue weighted by molar-refractivity contribution is 0.0196. The number of hydrogen-bond acceptors (Lipinski definition) is 4. The summed E-state index contributed by atoms with van der Waals surface area (Å²) in [6, 6.07) is 0. The molecule has 1 N–H and O–H groups in total. The second-order valence-electron chi connectivity index (χ2n) is 5.05. The van der Waals surface area contributed by atoms with E-state index < -0.39 is 10.4 Å². The first-order valence-corrected chi connectivity index (χ1v) is 9.09. The molecule has 1 atom stereocenters. The van der Waals surface area contributed by atoms with E-state index in [9.17, 15) is 8.42 Å². The van der Waals surface area contributed by atoms with Crippen molar-refractivity contribution in [1.29, 1.82) is 0 Å². The average Bonchev–Trinajstić information content (AvgIpc) is 2.38. The zero-order chi connectivity index (χ0) is 15.3. The van der Waals surface area contributed by atoms with Crippen LogP contribution in [0.2, 0.25) is 0 Å². The van der Waals surface area contributed by atoms with Gasteiger partial charge in [-0.05, 0) is 13.3 Å². The second kappa shape index (κ2) is 12.6. The zero-order valence-electron chi connectivity index (χ0n) is 12.8. The molecule has 0 spiro atoms. The maximum absolute atomic E-state index is 10.5. The molecule has 0 rings (SSSR count). The quantitative estimate of drug-likeness (QED) is 0.391. The van der Waals surface area contributed by atoms with Crippen molar-refractivity contribution in [2.75, 3.05) is 13.2 Å². The van der Waals surface area contributed by atoms with Crippen LogP contribution in [0, 0.1) is 0 Å². The highest BCUT2D eigenvalue weighted by molar-refractivity contribution is 7.80. The number of hydrogen-bond donors (Lipinski definition) is 1. The summed E-state index contributed by atoms with van der Waals surface area (Å²) in [5, 5.41) is 0. The standard InChI is InChI=1S/C14H30O5S/c1-3-5-6-7-8-9-10-11-12-14(18-4-2)13-19-20(15,16)17/h14H,3-13H2,1-2H3,(H,15,16,17). The minimum absolute atomic E-state index is 0.108. The van der Waals surface area contributed by atoms with Crippen LogP contribution in [0.4, 0.5) is 0 Å². The van der Waals surface area contributed by atoms with Crippen LogP contribution in [0.1, 0.15) is 71.6 Å². The van der Waals surface area contributed by atoms with Crippen LogP contribution in [-0.2, 0) is 19.3 Å². The molecule has 5 nitrogen and oxygen atoms in total. The van der Waals surface area contributed by atoms with Gasteiger partial charge >= 0.3 is 10.4 Å². The Labute approximate surface area is 124 Å². The molecule has 1 unspecified atom stereocenters. The second-order valence-corrected chi connectivity index (χ2v) is 6.14. The van der Waals surface area contributed by atoms with E-state index in [0.29, 0.717) is 6.61 Å². The summed E-state index contributed by atoms with van der Waals surface area (Å²) in [5.41, 5.74) is 0. The average molecular weight is 310 g/mol. The van der Waals surface area contributed by atoms with Crippen molar-refractivity contribution in [2.45, 2.75) is 77.7 Å². The van der Waals surface area contributed by atoms with E-state index in [0.717, 1.165) is 19.3 Å². The van der Waals surface area contributed by atoms with Crippen molar-refractivity contribution in [1.82, 2.24) is 0 Å². The summed E-state index contributed by atoms with van der Waals surface area (Å²) < 4.78 is 39.3. The topological polar surface area (TPSA) is 72.8 Å². The van der Waals surface area contributed by atoms with Crippen LogP contribution in [0.15, 0.2) is 0 Å². The van der Waals surface area contributed by atoms with Gasteiger partial charge in [0.05, 0.1) is 12.7 Å².